The van der Waals surface area contributed by atoms with Gasteiger partial charge in [0.2, 0.25) is 5.88 Å². The second-order valence-electron chi connectivity index (χ2n) is 12.3. The van der Waals surface area contributed by atoms with Crippen LogP contribution in [-0.4, -0.2) is 52.8 Å². The minimum Gasteiger partial charge on any atom is -0.474 e. The van der Waals surface area contributed by atoms with Gasteiger partial charge in [0.05, 0.1) is 11.6 Å². The lowest BCUT2D eigenvalue weighted by atomic mass is 9.83. The zero-order chi connectivity index (χ0) is 31.8. The lowest BCUT2D eigenvalue weighted by molar-refractivity contribution is -0.119. The Bertz CT molecular complexity index is 1620. The Morgan fingerprint density at radius 1 is 1.14 bits per heavy atom. The maximum atomic E-state index is 15.8. The van der Waals surface area contributed by atoms with Crippen LogP contribution in [0.25, 0.3) is 21.9 Å². The quantitative estimate of drug-likeness (QED) is 0.307. The number of carbonyl (C=O) groups excluding carboxylic acids is 3. The van der Waals surface area contributed by atoms with Gasteiger partial charge in [-0.15, -0.1) is 0 Å². The van der Waals surface area contributed by atoms with E-state index in [1.165, 1.54) is 17.3 Å². The topological polar surface area (TPSA) is 120 Å². The lowest BCUT2D eigenvalue weighted by Crippen LogP contribution is -2.42. The number of fused-ring (bicyclic) bond motifs is 2. The Morgan fingerprint density at radius 2 is 1.89 bits per heavy atom. The third-order valence-corrected chi connectivity index (χ3v) is 8.15. The number of nitrogens with one attached hydrogen (secondary N) is 1. The largest absolute Gasteiger partial charge is 0.474 e. The van der Waals surface area contributed by atoms with Gasteiger partial charge in [0, 0.05) is 41.2 Å². The van der Waals surface area contributed by atoms with Crippen molar-refractivity contribution in [2.24, 2.45) is 5.92 Å². The second-order valence-corrected chi connectivity index (χ2v) is 12.7. The number of amides is 2. The number of nitrogens with zero attached hydrogens (tertiary/aromatic N) is 3. The summed E-state index contributed by atoms with van der Waals surface area (Å²) in [6, 6.07) is 3.17. The summed E-state index contributed by atoms with van der Waals surface area (Å²) < 4.78 is 32.8. The molecular weight excluding hydrogens is 591 g/mol. The fraction of sp³-hybridized carbons (Fsp3) is 0.469. The molecule has 234 valence electrons. The second kappa shape index (κ2) is 12.6. The summed E-state index contributed by atoms with van der Waals surface area (Å²) >= 11 is 6.49. The van der Waals surface area contributed by atoms with Crippen LogP contribution < -0.4 is 15.0 Å². The number of carbonyl (C=O) groups is 3. The van der Waals surface area contributed by atoms with E-state index in [0.717, 1.165) is 19.3 Å². The van der Waals surface area contributed by atoms with Crippen molar-refractivity contribution in [2.45, 2.75) is 78.4 Å². The highest BCUT2D eigenvalue weighted by Gasteiger charge is 2.33. The van der Waals surface area contributed by atoms with Crippen LogP contribution >= 0.6 is 11.6 Å². The Hall–Kier alpha value is -3.99. The van der Waals surface area contributed by atoms with Crippen LogP contribution in [-0.2, 0) is 14.3 Å². The minimum absolute atomic E-state index is 0.00832. The highest BCUT2D eigenvalue weighted by molar-refractivity contribution is 6.36. The molecule has 0 bridgehead atoms. The van der Waals surface area contributed by atoms with Crippen LogP contribution in [0.2, 0.25) is 5.02 Å². The van der Waals surface area contributed by atoms with Crippen LogP contribution in [0, 0.1) is 18.7 Å². The molecule has 3 aromatic rings. The Balaban J connectivity index is 1.45. The molecule has 12 heteroatoms. The van der Waals surface area contributed by atoms with Crippen molar-refractivity contribution in [1.29, 1.82) is 0 Å². The highest BCUT2D eigenvalue weighted by atomic mass is 35.5. The highest BCUT2D eigenvalue weighted by Crippen LogP contribution is 2.42. The number of hydrogen-bond donors (Lipinski definition) is 1. The molecule has 2 amide bonds. The number of hydrogen-bond acceptors (Lipinski definition) is 8. The molecule has 3 heterocycles. The normalized spacial score (nSPS) is 18.3. The maximum absolute atomic E-state index is 15.8. The van der Waals surface area contributed by atoms with E-state index in [-0.39, 0.29) is 53.2 Å². The predicted molar refractivity (Wildman–Crippen MR) is 165 cm³/mol. The van der Waals surface area contributed by atoms with Crippen LogP contribution in [0.5, 0.6) is 5.88 Å². The molecular formula is C32H36ClFN4O6. The standard InChI is InChI=1S/C32H36ClFN4O6/c1-17(39)12-19-8-6-7-9-24(19)43-30(40)37-25-14-20-13-21(27(34)26(33)23(20)16-35-25)22-15-36-29-28(18(22)2)38(10-11-42-29)31(41)44-32(3,4)5/h13-16,19,24H,6-12H2,1-5H3,(H,35,37,40)/t19-,24+/m0/s1. The molecule has 1 saturated carbocycles. The number of pyridine rings is 2. The zero-order valence-electron chi connectivity index (χ0n) is 25.5. The average Bonchev–Trinajstić information content (AvgIpc) is 2.95. The van der Waals surface area contributed by atoms with Crippen LogP contribution in [0.1, 0.15) is 65.4 Å². The van der Waals surface area contributed by atoms with Gasteiger partial charge in [-0.25, -0.2) is 23.9 Å². The Labute approximate surface area is 260 Å². The molecule has 2 aliphatic rings. The van der Waals surface area contributed by atoms with Crippen molar-refractivity contribution in [1.82, 2.24) is 9.97 Å². The van der Waals surface area contributed by atoms with Crippen LogP contribution in [0.3, 0.4) is 0 Å². The number of halogens is 2. The van der Waals surface area contributed by atoms with E-state index in [1.807, 2.05) is 0 Å². The zero-order valence-corrected chi connectivity index (χ0v) is 26.2. The van der Waals surface area contributed by atoms with Crippen molar-refractivity contribution in [3.63, 3.8) is 0 Å². The third kappa shape index (κ3) is 6.72. The molecule has 2 atom stereocenters. The number of rotatable bonds is 5. The van der Waals surface area contributed by atoms with E-state index in [9.17, 15) is 14.4 Å². The number of anilines is 2. The van der Waals surface area contributed by atoms with Gasteiger partial charge in [-0.2, -0.15) is 0 Å². The van der Waals surface area contributed by atoms with Crippen molar-refractivity contribution in [3.05, 3.63) is 40.9 Å². The lowest BCUT2D eigenvalue weighted by Gasteiger charge is -2.32. The van der Waals surface area contributed by atoms with Gasteiger partial charge < -0.3 is 19.0 Å². The summed E-state index contributed by atoms with van der Waals surface area (Å²) in [6.07, 6.45) is 5.09. The maximum Gasteiger partial charge on any atom is 0.415 e. The average molecular weight is 627 g/mol. The summed E-state index contributed by atoms with van der Waals surface area (Å²) in [5.41, 5.74) is 0.788. The van der Waals surface area contributed by atoms with Crippen molar-refractivity contribution < 1.29 is 33.0 Å². The van der Waals surface area contributed by atoms with Gasteiger partial charge >= 0.3 is 12.2 Å². The first-order chi connectivity index (χ1) is 20.8. The van der Waals surface area contributed by atoms with Gasteiger partial charge in [0.1, 0.15) is 41.4 Å². The number of aromatic nitrogens is 2. The van der Waals surface area contributed by atoms with Gasteiger partial charge in [0.15, 0.2) is 0 Å². The Kier molecular flexibility index (Phi) is 8.97. The summed E-state index contributed by atoms with van der Waals surface area (Å²) in [7, 11) is 0. The van der Waals surface area contributed by atoms with Crippen molar-refractivity contribution >= 4 is 51.8 Å². The Morgan fingerprint density at radius 3 is 2.61 bits per heavy atom. The van der Waals surface area contributed by atoms with Crippen molar-refractivity contribution in [3.8, 4) is 17.0 Å². The first kappa shape index (κ1) is 31.4. The molecule has 2 aromatic heterocycles. The van der Waals surface area contributed by atoms with Gasteiger partial charge in [-0.1, -0.05) is 18.0 Å². The molecule has 5 rings (SSSR count). The van der Waals surface area contributed by atoms with E-state index >= 15 is 4.39 Å². The monoisotopic (exact) mass is 626 g/mol. The first-order valence-corrected chi connectivity index (χ1v) is 15.1. The molecule has 1 N–H and O–H groups in total. The molecule has 1 aliphatic heterocycles. The molecule has 1 fully saturated rings. The fourth-order valence-electron chi connectivity index (χ4n) is 5.81. The summed E-state index contributed by atoms with van der Waals surface area (Å²) in [4.78, 5) is 47.6. The van der Waals surface area contributed by atoms with E-state index in [1.54, 1.807) is 46.8 Å². The van der Waals surface area contributed by atoms with E-state index in [2.05, 4.69) is 15.3 Å². The molecule has 10 nitrogen and oxygen atoms in total. The molecule has 1 aliphatic carbocycles. The van der Waals surface area contributed by atoms with E-state index in [0.29, 0.717) is 40.4 Å². The number of ketones is 1. The molecule has 0 spiro atoms. The minimum atomic E-state index is -0.717. The van der Waals surface area contributed by atoms with Crippen LogP contribution in [0.4, 0.5) is 25.5 Å². The molecule has 0 saturated heterocycles. The molecule has 0 radical (unpaired) electrons. The van der Waals surface area contributed by atoms with Gasteiger partial charge in [-0.3, -0.25) is 10.2 Å². The first-order valence-electron chi connectivity index (χ1n) is 14.7. The van der Waals surface area contributed by atoms with Gasteiger partial charge in [0.25, 0.3) is 0 Å². The molecule has 44 heavy (non-hydrogen) atoms. The summed E-state index contributed by atoms with van der Waals surface area (Å²) in [5.74, 6) is -0.184. The summed E-state index contributed by atoms with van der Waals surface area (Å²) in [5, 5.41) is 3.37. The van der Waals surface area contributed by atoms with E-state index in [4.69, 9.17) is 25.8 Å². The number of ether oxygens (including phenoxy) is 3. The fourth-order valence-corrected chi connectivity index (χ4v) is 6.07. The van der Waals surface area contributed by atoms with Crippen molar-refractivity contribution in [2.75, 3.05) is 23.4 Å². The third-order valence-electron chi connectivity index (χ3n) is 7.78. The summed E-state index contributed by atoms with van der Waals surface area (Å²) in [6.45, 7) is 9.09. The van der Waals surface area contributed by atoms with Crippen LogP contribution in [0.15, 0.2) is 24.5 Å². The predicted octanol–water partition coefficient (Wildman–Crippen LogP) is 7.62. The van der Waals surface area contributed by atoms with Gasteiger partial charge in [-0.05, 0) is 77.0 Å². The number of Topliss-reactive ketones (excluding diaryl/α,β-unsaturated/α-hetero) is 1. The SMILES string of the molecule is CC(=O)C[C@@H]1CCCC[C@H]1OC(=O)Nc1cc2cc(-c3cnc4c(c3C)N(C(=O)OC(C)(C)C)CCO4)c(F)c(Cl)c2cn1. The molecule has 1 aromatic carbocycles. The molecule has 0 unspecified atom stereocenters. The van der Waals surface area contributed by atoms with E-state index < -0.39 is 23.6 Å². The number of benzene rings is 1. The smallest absolute Gasteiger partial charge is 0.415 e.